The van der Waals surface area contributed by atoms with Gasteiger partial charge in [-0.1, -0.05) is 13.8 Å². The molecule has 0 saturated carbocycles. The van der Waals surface area contributed by atoms with Crippen molar-refractivity contribution in [2.24, 2.45) is 11.8 Å². The summed E-state index contributed by atoms with van der Waals surface area (Å²) >= 11 is 0. The number of β-amino-alcohol motifs (C(OH)–C–C–N with tert-alkyl or cyclic N) is 1. The Bertz CT molecular complexity index is 312. The van der Waals surface area contributed by atoms with E-state index in [4.69, 9.17) is 0 Å². The number of hydrogen-bond acceptors (Lipinski definition) is 4. The van der Waals surface area contributed by atoms with E-state index in [1.807, 2.05) is 0 Å². The molecule has 0 aromatic heterocycles. The van der Waals surface area contributed by atoms with Gasteiger partial charge in [-0.05, 0) is 18.8 Å². The summed E-state index contributed by atoms with van der Waals surface area (Å²) in [4.78, 5) is 24.6. The van der Waals surface area contributed by atoms with Crippen LogP contribution in [0.15, 0.2) is 0 Å². The Morgan fingerprint density at radius 2 is 2.24 bits per heavy atom. The molecule has 0 aromatic carbocycles. The van der Waals surface area contributed by atoms with Crippen LogP contribution in [0, 0.1) is 11.8 Å². The zero-order valence-corrected chi connectivity index (χ0v) is 10.9. The van der Waals surface area contributed by atoms with Crippen LogP contribution >= 0.6 is 0 Å². The van der Waals surface area contributed by atoms with E-state index in [1.54, 1.807) is 4.90 Å². The molecule has 5 nitrogen and oxygen atoms in total. The van der Waals surface area contributed by atoms with E-state index >= 15 is 0 Å². The molecule has 0 bridgehead atoms. The summed E-state index contributed by atoms with van der Waals surface area (Å²) in [5.74, 6) is 0.00847. The predicted octanol–water partition coefficient (Wildman–Crippen LogP) is 0.415. The second-order valence-corrected chi connectivity index (χ2v) is 5.25. The number of hydrogen-bond donors (Lipinski definition) is 1. The molecular weight excluding hydrogens is 222 g/mol. The van der Waals surface area contributed by atoms with Gasteiger partial charge in [0.2, 0.25) is 5.91 Å². The van der Waals surface area contributed by atoms with Crippen LogP contribution in [0.2, 0.25) is 0 Å². The highest BCUT2D eigenvalue weighted by molar-refractivity contribution is 5.82. The number of methoxy groups -OCH3 is 1. The smallest absolute Gasteiger partial charge is 0.339 e. The number of aliphatic hydroxyl groups is 1. The lowest BCUT2D eigenvalue weighted by molar-refractivity contribution is -0.163. The van der Waals surface area contributed by atoms with Gasteiger partial charge in [-0.2, -0.15) is 0 Å². The number of esters is 1. The van der Waals surface area contributed by atoms with E-state index in [9.17, 15) is 14.7 Å². The molecule has 1 saturated heterocycles. The van der Waals surface area contributed by atoms with Crippen molar-refractivity contribution in [3.63, 3.8) is 0 Å². The molecule has 0 radical (unpaired) electrons. The molecule has 1 rings (SSSR count). The molecular formula is C12H21NO4. The van der Waals surface area contributed by atoms with Crippen LogP contribution in [0.1, 0.15) is 27.2 Å². The van der Waals surface area contributed by atoms with Crippen LogP contribution in [-0.4, -0.2) is 47.7 Å². The Morgan fingerprint density at radius 3 is 2.65 bits per heavy atom. The summed E-state index contributed by atoms with van der Waals surface area (Å²) in [5.41, 5.74) is -1.63. The lowest BCUT2D eigenvalue weighted by Gasteiger charge is -2.27. The number of amides is 1. The van der Waals surface area contributed by atoms with Crippen molar-refractivity contribution in [2.45, 2.75) is 32.8 Å². The number of carbonyl (C=O) groups excluding carboxylic acids is 2. The first-order valence-corrected chi connectivity index (χ1v) is 5.86. The highest BCUT2D eigenvalue weighted by Crippen LogP contribution is 2.26. The third kappa shape index (κ3) is 3.19. The minimum Gasteiger partial charge on any atom is -0.467 e. The number of rotatable bonds is 4. The second kappa shape index (κ2) is 5.04. The molecule has 0 aromatic rings. The van der Waals surface area contributed by atoms with Gasteiger partial charge in [-0.25, -0.2) is 4.79 Å². The maximum absolute atomic E-state index is 11.7. The van der Waals surface area contributed by atoms with Crippen molar-refractivity contribution < 1.29 is 19.4 Å². The van der Waals surface area contributed by atoms with Gasteiger partial charge >= 0.3 is 5.97 Å². The van der Waals surface area contributed by atoms with Gasteiger partial charge in [-0.3, -0.25) is 4.79 Å². The molecule has 2 atom stereocenters. The first kappa shape index (κ1) is 14.0. The topological polar surface area (TPSA) is 66.8 Å². The van der Waals surface area contributed by atoms with Gasteiger partial charge in [0, 0.05) is 13.0 Å². The highest BCUT2D eigenvalue weighted by atomic mass is 16.5. The molecule has 1 aliphatic heterocycles. The standard InChI is InChI=1S/C12H21NO4/c1-8(2)9-5-10(14)13(6-9)7-12(3,16)11(15)17-4/h8-9,16H,5-7H2,1-4H3. The van der Waals surface area contributed by atoms with Crippen molar-refractivity contribution in [2.75, 3.05) is 20.2 Å². The van der Waals surface area contributed by atoms with E-state index in [0.717, 1.165) is 0 Å². The molecule has 17 heavy (non-hydrogen) atoms. The second-order valence-electron chi connectivity index (χ2n) is 5.25. The summed E-state index contributed by atoms with van der Waals surface area (Å²) < 4.78 is 4.51. The summed E-state index contributed by atoms with van der Waals surface area (Å²) in [7, 11) is 1.22. The van der Waals surface area contributed by atoms with Gasteiger partial charge in [0.05, 0.1) is 13.7 Å². The van der Waals surface area contributed by atoms with Crippen LogP contribution in [0.5, 0.6) is 0 Å². The monoisotopic (exact) mass is 243 g/mol. The van der Waals surface area contributed by atoms with Gasteiger partial charge in [0.1, 0.15) is 0 Å². The first-order valence-electron chi connectivity index (χ1n) is 5.86. The lowest BCUT2D eigenvalue weighted by atomic mass is 9.95. The fraction of sp³-hybridized carbons (Fsp3) is 0.833. The highest BCUT2D eigenvalue weighted by Gasteiger charge is 2.39. The fourth-order valence-corrected chi connectivity index (χ4v) is 2.06. The van der Waals surface area contributed by atoms with Crippen LogP contribution in [-0.2, 0) is 14.3 Å². The quantitative estimate of drug-likeness (QED) is 0.726. The maximum atomic E-state index is 11.7. The minimum atomic E-state index is -1.63. The van der Waals surface area contributed by atoms with E-state index in [2.05, 4.69) is 18.6 Å². The number of nitrogens with zero attached hydrogens (tertiary/aromatic N) is 1. The first-order chi connectivity index (χ1) is 7.77. The zero-order valence-electron chi connectivity index (χ0n) is 10.9. The summed E-state index contributed by atoms with van der Waals surface area (Å²) in [6.45, 7) is 6.11. The molecule has 0 spiro atoms. The van der Waals surface area contributed by atoms with Crippen molar-refractivity contribution in [3.05, 3.63) is 0 Å². The molecule has 1 amide bonds. The van der Waals surface area contributed by atoms with Crippen LogP contribution < -0.4 is 0 Å². The molecule has 5 heteroatoms. The number of carbonyl (C=O) groups is 2. The van der Waals surface area contributed by atoms with Gasteiger partial charge in [0.15, 0.2) is 5.60 Å². The summed E-state index contributed by atoms with van der Waals surface area (Å²) in [6.07, 6.45) is 0.495. The Labute approximate surface area is 102 Å². The Kier molecular flexibility index (Phi) is 4.14. The van der Waals surface area contributed by atoms with E-state index in [0.29, 0.717) is 24.8 Å². The number of ether oxygens (including phenoxy) is 1. The van der Waals surface area contributed by atoms with Crippen molar-refractivity contribution in [1.29, 1.82) is 0 Å². The van der Waals surface area contributed by atoms with Crippen LogP contribution in [0.4, 0.5) is 0 Å². The normalized spacial score (nSPS) is 24.0. The Balaban J connectivity index is 2.64. The molecule has 2 unspecified atom stereocenters. The van der Waals surface area contributed by atoms with Crippen LogP contribution in [0.25, 0.3) is 0 Å². The maximum Gasteiger partial charge on any atom is 0.339 e. The fourth-order valence-electron chi connectivity index (χ4n) is 2.06. The van der Waals surface area contributed by atoms with Gasteiger partial charge < -0.3 is 14.7 Å². The average molecular weight is 243 g/mol. The Morgan fingerprint density at radius 1 is 1.65 bits per heavy atom. The predicted molar refractivity (Wildman–Crippen MR) is 62.2 cm³/mol. The van der Waals surface area contributed by atoms with E-state index in [-0.39, 0.29) is 12.5 Å². The molecule has 1 heterocycles. The third-order valence-corrected chi connectivity index (χ3v) is 3.31. The molecule has 98 valence electrons. The average Bonchev–Trinajstić information content (AvgIpc) is 2.58. The van der Waals surface area contributed by atoms with E-state index in [1.165, 1.54) is 14.0 Å². The van der Waals surface area contributed by atoms with Crippen LogP contribution in [0.3, 0.4) is 0 Å². The molecule has 1 aliphatic rings. The van der Waals surface area contributed by atoms with Gasteiger partial charge in [-0.15, -0.1) is 0 Å². The third-order valence-electron chi connectivity index (χ3n) is 3.31. The van der Waals surface area contributed by atoms with Crippen molar-refractivity contribution in [1.82, 2.24) is 4.90 Å². The summed E-state index contributed by atoms with van der Waals surface area (Å²) in [6, 6.07) is 0. The SMILES string of the molecule is COC(=O)C(C)(O)CN1CC(C(C)C)CC1=O. The van der Waals surface area contributed by atoms with Gasteiger partial charge in [0.25, 0.3) is 0 Å². The zero-order chi connectivity index (χ0) is 13.2. The molecule has 0 aliphatic carbocycles. The Hall–Kier alpha value is -1.10. The molecule has 1 N–H and O–H groups in total. The van der Waals surface area contributed by atoms with E-state index < -0.39 is 11.6 Å². The van der Waals surface area contributed by atoms with Crippen molar-refractivity contribution in [3.8, 4) is 0 Å². The largest absolute Gasteiger partial charge is 0.467 e. The lowest BCUT2D eigenvalue weighted by Crippen LogP contribution is -2.48. The minimum absolute atomic E-state index is 0.00171. The summed E-state index contributed by atoms with van der Waals surface area (Å²) in [5, 5.41) is 9.92. The number of likely N-dealkylation sites (tertiary alicyclic amines) is 1. The van der Waals surface area contributed by atoms with Crippen molar-refractivity contribution >= 4 is 11.9 Å². The molecule has 1 fully saturated rings.